The highest BCUT2D eigenvalue weighted by Gasteiger charge is 2.25. The summed E-state index contributed by atoms with van der Waals surface area (Å²) in [5.74, 6) is 0.785. The predicted octanol–water partition coefficient (Wildman–Crippen LogP) is 1.84. The molecule has 2 amide bonds. The number of hydrogen-bond donors (Lipinski definition) is 1. The molecule has 13 heavy (non-hydrogen) atoms. The Balaban J connectivity index is 2.21. The van der Waals surface area contributed by atoms with Crippen molar-refractivity contribution in [2.45, 2.75) is 33.1 Å². The summed E-state index contributed by atoms with van der Waals surface area (Å²) < 4.78 is 0. The fraction of sp³-hybridized carbons (Fsp3) is 0.900. The van der Waals surface area contributed by atoms with Gasteiger partial charge in [-0.1, -0.05) is 6.92 Å². The highest BCUT2D eigenvalue weighted by atomic mass is 16.2. The molecule has 3 nitrogen and oxygen atoms in total. The van der Waals surface area contributed by atoms with Crippen LogP contribution in [0.3, 0.4) is 0 Å². The van der Waals surface area contributed by atoms with E-state index < -0.39 is 0 Å². The molecule has 1 saturated carbocycles. The lowest BCUT2D eigenvalue weighted by Crippen LogP contribution is -2.41. The highest BCUT2D eigenvalue weighted by molar-refractivity contribution is 5.74. The minimum absolute atomic E-state index is 0.108. The summed E-state index contributed by atoms with van der Waals surface area (Å²) in [7, 11) is 0. The first-order chi connectivity index (χ1) is 6.27. The van der Waals surface area contributed by atoms with Crippen LogP contribution in [0, 0.1) is 5.92 Å². The quantitative estimate of drug-likeness (QED) is 0.694. The molecule has 1 rings (SSSR count). The molecule has 0 spiro atoms. The van der Waals surface area contributed by atoms with Crippen LogP contribution in [0.4, 0.5) is 4.79 Å². The van der Waals surface area contributed by atoms with Crippen molar-refractivity contribution in [1.29, 1.82) is 0 Å². The second-order valence-corrected chi connectivity index (χ2v) is 3.71. The zero-order valence-corrected chi connectivity index (χ0v) is 8.68. The Kier molecular flexibility index (Phi) is 4.06. The lowest BCUT2D eigenvalue weighted by Gasteiger charge is -2.20. The van der Waals surface area contributed by atoms with Crippen molar-refractivity contribution < 1.29 is 4.79 Å². The number of hydrogen-bond acceptors (Lipinski definition) is 1. The zero-order valence-electron chi connectivity index (χ0n) is 8.68. The summed E-state index contributed by atoms with van der Waals surface area (Å²) in [5.41, 5.74) is 0. The molecule has 0 aromatic heterocycles. The molecular weight excluding hydrogens is 164 g/mol. The van der Waals surface area contributed by atoms with E-state index in [1.54, 1.807) is 0 Å². The first-order valence-corrected chi connectivity index (χ1v) is 5.30. The topological polar surface area (TPSA) is 32.3 Å². The summed E-state index contributed by atoms with van der Waals surface area (Å²) in [6.45, 7) is 6.67. The first kappa shape index (κ1) is 10.4. The predicted molar refractivity (Wildman–Crippen MR) is 53.7 cm³/mol. The van der Waals surface area contributed by atoms with Gasteiger partial charge in [0, 0.05) is 19.6 Å². The minimum atomic E-state index is 0.108. The largest absolute Gasteiger partial charge is 0.338 e. The van der Waals surface area contributed by atoms with Crippen molar-refractivity contribution in [2.75, 3.05) is 19.6 Å². The smallest absolute Gasteiger partial charge is 0.317 e. The van der Waals surface area contributed by atoms with E-state index in [0.717, 1.165) is 32.0 Å². The molecule has 0 aromatic carbocycles. The van der Waals surface area contributed by atoms with Crippen molar-refractivity contribution in [3.05, 3.63) is 0 Å². The van der Waals surface area contributed by atoms with Gasteiger partial charge in [0.05, 0.1) is 0 Å². The molecule has 0 unspecified atom stereocenters. The van der Waals surface area contributed by atoms with Crippen LogP contribution >= 0.6 is 0 Å². The normalized spacial score (nSPS) is 15.5. The summed E-state index contributed by atoms with van der Waals surface area (Å²) in [6, 6.07) is 0.108. The third-order valence-corrected chi connectivity index (χ3v) is 2.37. The zero-order chi connectivity index (χ0) is 9.68. The van der Waals surface area contributed by atoms with E-state index in [-0.39, 0.29) is 6.03 Å². The van der Waals surface area contributed by atoms with Gasteiger partial charge in [-0.15, -0.1) is 0 Å². The van der Waals surface area contributed by atoms with Gasteiger partial charge in [-0.25, -0.2) is 4.79 Å². The van der Waals surface area contributed by atoms with Crippen LogP contribution in [0.5, 0.6) is 0 Å². The van der Waals surface area contributed by atoms with Crippen LogP contribution in [0.1, 0.15) is 33.1 Å². The molecule has 0 aliphatic heterocycles. The average Bonchev–Trinajstić information content (AvgIpc) is 2.93. The second kappa shape index (κ2) is 5.10. The third kappa shape index (κ3) is 3.66. The number of amides is 2. The van der Waals surface area contributed by atoms with Crippen LogP contribution < -0.4 is 5.32 Å². The molecule has 0 bridgehead atoms. The van der Waals surface area contributed by atoms with Gasteiger partial charge < -0.3 is 10.2 Å². The van der Waals surface area contributed by atoms with E-state index >= 15 is 0 Å². The van der Waals surface area contributed by atoms with E-state index in [2.05, 4.69) is 12.2 Å². The maximum Gasteiger partial charge on any atom is 0.317 e. The fourth-order valence-corrected chi connectivity index (χ4v) is 1.31. The van der Waals surface area contributed by atoms with E-state index in [1.807, 2.05) is 11.8 Å². The molecule has 1 fully saturated rings. The summed E-state index contributed by atoms with van der Waals surface area (Å²) in [6.07, 6.45) is 3.61. The highest BCUT2D eigenvalue weighted by Crippen LogP contribution is 2.29. The number of carbonyl (C=O) groups is 1. The molecule has 76 valence electrons. The van der Waals surface area contributed by atoms with Crippen LogP contribution in [0.15, 0.2) is 0 Å². The molecule has 0 radical (unpaired) electrons. The fourth-order valence-electron chi connectivity index (χ4n) is 1.31. The van der Waals surface area contributed by atoms with E-state index in [0.29, 0.717) is 0 Å². The van der Waals surface area contributed by atoms with Gasteiger partial charge in [0.25, 0.3) is 0 Å². The monoisotopic (exact) mass is 184 g/mol. The Bertz CT molecular complexity index is 166. The van der Waals surface area contributed by atoms with Crippen LogP contribution in [-0.4, -0.2) is 30.6 Å². The third-order valence-electron chi connectivity index (χ3n) is 2.37. The number of carbonyl (C=O) groups excluding carboxylic acids is 1. The molecular formula is C10H20N2O. The number of urea groups is 1. The lowest BCUT2D eigenvalue weighted by molar-refractivity contribution is 0.198. The Morgan fingerprint density at radius 1 is 1.46 bits per heavy atom. The Hall–Kier alpha value is -0.730. The van der Waals surface area contributed by atoms with Crippen LogP contribution in [0.2, 0.25) is 0 Å². The molecule has 0 heterocycles. The molecule has 0 saturated heterocycles. The van der Waals surface area contributed by atoms with Gasteiger partial charge in [-0.3, -0.25) is 0 Å². The van der Waals surface area contributed by atoms with Crippen LogP contribution in [0.25, 0.3) is 0 Å². The molecule has 3 heteroatoms. The summed E-state index contributed by atoms with van der Waals surface area (Å²) in [4.78, 5) is 13.4. The Morgan fingerprint density at radius 2 is 2.15 bits per heavy atom. The number of rotatable bonds is 5. The van der Waals surface area contributed by atoms with Gasteiger partial charge in [0.1, 0.15) is 0 Å². The van der Waals surface area contributed by atoms with Gasteiger partial charge in [0.2, 0.25) is 0 Å². The maximum atomic E-state index is 11.5. The van der Waals surface area contributed by atoms with Crippen LogP contribution in [-0.2, 0) is 0 Å². The Labute approximate surface area is 80.5 Å². The molecule has 0 aromatic rings. The standard InChI is InChI=1S/C10H20N2O/c1-3-7-11-10(13)12(4-2)8-9-5-6-9/h9H,3-8H2,1-2H3,(H,11,13). The SMILES string of the molecule is CCCNC(=O)N(CC)CC1CC1. The van der Waals surface area contributed by atoms with Crippen molar-refractivity contribution in [2.24, 2.45) is 5.92 Å². The summed E-state index contributed by atoms with van der Waals surface area (Å²) >= 11 is 0. The maximum absolute atomic E-state index is 11.5. The lowest BCUT2D eigenvalue weighted by atomic mass is 10.4. The molecule has 1 aliphatic carbocycles. The van der Waals surface area contributed by atoms with Gasteiger partial charge in [-0.05, 0) is 32.1 Å². The van der Waals surface area contributed by atoms with E-state index in [1.165, 1.54) is 12.8 Å². The van der Waals surface area contributed by atoms with Gasteiger partial charge in [-0.2, -0.15) is 0 Å². The summed E-state index contributed by atoms with van der Waals surface area (Å²) in [5, 5.41) is 2.90. The molecule has 0 atom stereocenters. The van der Waals surface area contributed by atoms with Crippen molar-refractivity contribution in [1.82, 2.24) is 10.2 Å². The van der Waals surface area contributed by atoms with Crippen molar-refractivity contribution in [3.8, 4) is 0 Å². The van der Waals surface area contributed by atoms with Crippen molar-refractivity contribution in [3.63, 3.8) is 0 Å². The van der Waals surface area contributed by atoms with E-state index in [9.17, 15) is 4.79 Å². The molecule has 1 aliphatic rings. The minimum Gasteiger partial charge on any atom is -0.338 e. The van der Waals surface area contributed by atoms with Crippen molar-refractivity contribution >= 4 is 6.03 Å². The Morgan fingerprint density at radius 3 is 2.62 bits per heavy atom. The number of nitrogens with zero attached hydrogens (tertiary/aromatic N) is 1. The van der Waals surface area contributed by atoms with Gasteiger partial charge in [0.15, 0.2) is 0 Å². The van der Waals surface area contributed by atoms with E-state index in [4.69, 9.17) is 0 Å². The van der Waals surface area contributed by atoms with Gasteiger partial charge >= 0.3 is 6.03 Å². The molecule has 1 N–H and O–H groups in total. The average molecular weight is 184 g/mol. The second-order valence-electron chi connectivity index (χ2n) is 3.71. The first-order valence-electron chi connectivity index (χ1n) is 5.30. The number of nitrogens with one attached hydrogen (secondary N) is 1.